The Balaban J connectivity index is 1.60. The van der Waals surface area contributed by atoms with Gasteiger partial charge in [0.15, 0.2) is 5.16 Å². The van der Waals surface area contributed by atoms with E-state index in [4.69, 9.17) is 9.15 Å². The van der Waals surface area contributed by atoms with E-state index in [9.17, 15) is 14.4 Å². The van der Waals surface area contributed by atoms with Gasteiger partial charge < -0.3 is 19.8 Å². The third-order valence-electron chi connectivity index (χ3n) is 5.94. The van der Waals surface area contributed by atoms with Crippen LogP contribution in [0, 0.1) is 0 Å². The summed E-state index contributed by atoms with van der Waals surface area (Å²) in [7, 11) is 0. The van der Waals surface area contributed by atoms with E-state index in [1.165, 1.54) is 16.3 Å². The van der Waals surface area contributed by atoms with Crippen LogP contribution in [0.1, 0.15) is 49.2 Å². The van der Waals surface area contributed by atoms with Crippen molar-refractivity contribution in [2.75, 3.05) is 18.9 Å². The van der Waals surface area contributed by atoms with Crippen molar-refractivity contribution in [2.24, 2.45) is 0 Å². The quantitative estimate of drug-likeness (QED) is 0.326. The van der Waals surface area contributed by atoms with Crippen LogP contribution in [0.25, 0.3) is 10.9 Å². The standard InChI is InChI=1S/C25H30N4O5S/c1-3-16(2)27-22(30)15-35-25-28-21-12-17(23(31)26-13-18-6-4-10-33-18)8-9-20(21)24(32)29(25)14-19-7-5-11-34-19/h5,7-9,11-12,16,18H,3-4,6,10,13-15H2,1-2H3,(H,26,31)(H,27,30)/t16-,18-/m1/s1. The fourth-order valence-corrected chi connectivity index (χ4v) is 4.62. The number of fused-ring (bicyclic) bond motifs is 1. The summed E-state index contributed by atoms with van der Waals surface area (Å²) in [6, 6.07) is 8.45. The van der Waals surface area contributed by atoms with Crippen molar-refractivity contribution in [2.45, 2.75) is 57.0 Å². The highest BCUT2D eigenvalue weighted by molar-refractivity contribution is 7.99. The minimum absolute atomic E-state index is 0.0379. The second-order valence-corrected chi connectivity index (χ2v) is 9.55. The van der Waals surface area contributed by atoms with Gasteiger partial charge in [0.2, 0.25) is 5.91 Å². The lowest BCUT2D eigenvalue weighted by molar-refractivity contribution is -0.119. The van der Waals surface area contributed by atoms with Gasteiger partial charge in [0.25, 0.3) is 11.5 Å². The Morgan fingerprint density at radius 3 is 2.89 bits per heavy atom. The normalized spacial score (nSPS) is 16.3. The summed E-state index contributed by atoms with van der Waals surface area (Å²) in [5.41, 5.74) is 0.555. The van der Waals surface area contributed by atoms with Crippen LogP contribution in [-0.4, -0.2) is 52.4 Å². The van der Waals surface area contributed by atoms with E-state index in [-0.39, 0.29) is 41.8 Å². The molecular weight excluding hydrogens is 468 g/mol. The summed E-state index contributed by atoms with van der Waals surface area (Å²) in [4.78, 5) is 43.1. The number of carbonyl (C=O) groups is 2. The van der Waals surface area contributed by atoms with Gasteiger partial charge in [-0.1, -0.05) is 18.7 Å². The van der Waals surface area contributed by atoms with E-state index in [0.29, 0.717) is 33.9 Å². The zero-order valence-electron chi connectivity index (χ0n) is 19.9. The monoisotopic (exact) mass is 498 g/mol. The van der Waals surface area contributed by atoms with Gasteiger partial charge in [-0.3, -0.25) is 19.0 Å². The Morgan fingerprint density at radius 2 is 2.17 bits per heavy atom. The minimum atomic E-state index is -0.262. The van der Waals surface area contributed by atoms with Crippen LogP contribution in [0.5, 0.6) is 0 Å². The lowest BCUT2D eigenvalue weighted by Gasteiger charge is -2.14. The third kappa shape index (κ3) is 6.32. The number of rotatable bonds is 10. The first-order valence-electron chi connectivity index (χ1n) is 11.8. The Hall–Kier alpha value is -3.11. The van der Waals surface area contributed by atoms with Crippen molar-refractivity contribution >= 4 is 34.5 Å². The molecule has 0 aliphatic carbocycles. The highest BCUT2D eigenvalue weighted by atomic mass is 32.2. The van der Waals surface area contributed by atoms with Crippen LogP contribution in [0.2, 0.25) is 0 Å². The number of ether oxygens (including phenoxy) is 1. The third-order valence-corrected chi connectivity index (χ3v) is 6.92. The Labute approximate surface area is 207 Å². The Kier molecular flexibility index (Phi) is 8.25. The molecular formula is C25H30N4O5S. The van der Waals surface area contributed by atoms with Crippen LogP contribution in [0.4, 0.5) is 0 Å². The highest BCUT2D eigenvalue weighted by Crippen LogP contribution is 2.20. The molecule has 2 amide bonds. The summed E-state index contributed by atoms with van der Waals surface area (Å²) in [6.45, 7) is 5.29. The summed E-state index contributed by atoms with van der Waals surface area (Å²) in [5.74, 6) is 0.336. The number of carbonyl (C=O) groups excluding carboxylic acids is 2. The molecule has 2 atom stereocenters. The summed E-state index contributed by atoms with van der Waals surface area (Å²) < 4.78 is 12.5. The number of hydrogen-bond acceptors (Lipinski definition) is 7. The molecule has 0 radical (unpaired) electrons. The van der Waals surface area contributed by atoms with Gasteiger partial charge >= 0.3 is 0 Å². The van der Waals surface area contributed by atoms with Crippen LogP contribution in [-0.2, 0) is 16.1 Å². The number of amides is 2. The van der Waals surface area contributed by atoms with Crippen LogP contribution >= 0.6 is 11.8 Å². The number of furan rings is 1. The fraction of sp³-hybridized carbons (Fsp3) is 0.440. The van der Waals surface area contributed by atoms with Gasteiger partial charge in [0.05, 0.1) is 35.6 Å². The SMILES string of the molecule is CC[C@@H](C)NC(=O)CSc1nc2cc(C(=O)NC[C@H]3CCCO3)ccc2c(=O)n1Cc1ccco1. The number of aromatic nitrogens is 2. The average Bonchev–Trinajstić information content (AvgIpc) is 3.57. The fourth-order valence-electron chi connectivity index (χ4n) is 3.81. The van der Waals surface area contributed by atoms with E-state index < -0.39 is 0 Å². The summed E-state index contributed by atoms with van der Waals surface area (Å²) in [6.07, 6.45) is 4.34. The van der Waals surface area contributed by atoms with E-state index in [2.05, 4.69) is 15.6 Å². The second-order valence-electron chi connectivity index (χ2n) is 8.61. The van der Waals surface area contributed by atoms with Crippen molar-refractivity contribution in [1.82, 2.24) is 20.2 Å². The zero-order chi connectivity index (χ0) is 24.8. The average molecular weight is 499 g/mol. The molecule has 4 rings (SSSR count). The molecule has 0 unspecified atom stereocenters. The summed E-state index contributed by atoms with van der Waals surface area (Å²) >= 11 is 1.18. The number of benzene rings is 1. The van der Waals surface area contributed by atoms with Crippen molar-refractivity contribution in [3.05, 3.63) is 58.3 Å². The summed E-state index contributed by atoms with van der Waals surface area (Å²) in [5, 5.41) is 6.59. The predicted molar refractivity (Wildman–Crippen MR) is 134 cm³/mol. The van der Waals surface area contributed by atoms with Crippen molar-refractivity contribution < 1.29 is 18.7 Å². The molecule has 0 bridgehead atoms. The number of nitrogens with zero attached hydrogens (tertiary/aromatic N) is 2. The molecule has 35 heavy (non-hydrogen) atoms. The van der Waals surface area contributed by atoms with Crippen LogP contribution < -0.4 is 16.2 Å². The maximum Gasteiger partial charge on any atom is 0.262 e. The predicted octanol–water partition coefficient (Wildman–Crippen LogP) is 2.95. The second kappa shape index (κ2) is 11.5. The Morgan fingerprint density at radius 1 is 1.31 bits per heavy atom. The lowest BCUT2D eigenvalue weighted by atomic mass is 10.1. The minimum Gasteiger partial charge on any atom is -0.467 e. The molecule has 1 aromatic carbocycles. The molecule has 1 aliphatic rings. The molecule has 1 fully saturated rings. The maximum atomic E-state index is 13.4. The van der Waals surface area contributed by atoms with Gasteiger partial charge in [-0.2, -0.15) is 0 Å². The molecule has 9 nitrogen and oxygen atoms in total. The number of thioether (sulfide) groups is 1. The maximum absolute atomic E-state index is 13.4. The molecule has 1 aliphatic heterocycles. The number of hydrogen-bond donors (Lipinski definition) is 2. The van der Waals surface area contributed by atoms with Gasteiger partial charge in [0, 0.05) is 24.8 Å². The first kappa shape index (κ1) is 25.0. The number of nitrogens with one attached hydrogen (secondary N) is 2. The van der Waals surface area contributed by atoms with Gasteiger partial charge in [0.1, 0.15) is 5.76 Å². The molecule has 3 aromatic rings. The first-order valence-corrected chi connectivity index (χ1v) is 12.8. The molecule has 10 heteroatoms. The largest absolute Gasteiger partial charge is 0.467 e. The van der Waals surface area contributed by atoms with Crippen LogP contribution in [0.3, 0.4) is 0 Å². The zero-order valence-corrected chi connectivity index (χ0v) is 20.7. The molecule has 0 saturated carbocycles. The smallest absolute Gasteiger partial charge is 0.262 e. The van der Waals surface area contributed by atoms with E-state index in [0.717, 1.165) is 25.9 Å². The molecule has 186 valence electrons. The molecule has 0 spiro atoms. The molecule has 3 heterocycles. The van der Waals surface area contributed by atoms with E-state index >= 15 is 0 Å². The lowest BCUT2D eigenvalue weighted by Crippen LogP contribution is -2.33. The molecule has 2 aromatic heterocycles. The van der Waals surface area contributed by atoms with E-state index in [1.807, 2.05) is 13.8 Å². The first-order chi connectivity index (χ1) is 16.9. The van der Waals surface area contributed by atoms with Crippen molar-refractivity contribution in [3.8, 4) is 0 Å². The van der Waals surface area contributed by atoms with E-state index in [1.54, 1.807) is 36.6 Å². The van der Waals surface area contributed by atoms with Gasteiger partial charge in [-0.05, 0) is 56.5 Å². The van der Waals surface area contributed by atoms with Gasteiger partial charge in [-0.15, -0.1) is 0 Å². The van der Waals surface area contributed by atoms with Crippen molar-refractivity contribution in [1.29, 1.82) is 0 Å². The van der Waals surface area contributed by atoms with Gasteiger partial charge in [-0.25, -0.2) is 4.98 Å². The van der Waals surface area contributed by atoms with Crippen LogP contribution in [0.15, 0.2) is 51.0 Å². The molecule has 2 N–H and O–H groups in total. The molecule has 1 saturated heterocycles. The highest BCUT2D eigenvalue weighted by Gasteiger charge is 2.19. The van der Waals surface area contributed by atoms with Crippen molar-refractivity contribution in [3.63, 3.8) is 0 Å². The Bertz CT molecular complexity index is 1230. The topological polar surface area (TPSA) is 115 Å².